The van der Waals surface area contributed by atoms with Crippen LogP contribution in [0.25, 0.3) is 0 Å². The van der Waals surface area contributed by atoms with E-state index in [-0.39, 0.29) is 5.91 Å². The van der Waals surface area contributed by atoms with Gasteiger partial charge in [-0.25, -0.2) is 0 Å². The molecule has 0 bridgehead atoms. The third kappa shape index (κ3) is 2.99. The Bertz CT molecular complexity index is 610. The molecule has 18 heavy (non-hydrogen) atoms. The molecule has 0 spiro atoms. The number of thiophene rings is 1. The van der Waals surface area contributed by atoms with E-state index in [1.807, 2.05) is 26.0 Å². The van der Waals surface area contributed by atoms with Crippen molar-refractivity contribution in [2.75, 3.05) is 5.32 Å². The molecule has 0 aromatic carbocycles. The number of anilines is 1. The zero-order valence-corrected chi connectivity index (χ0v) is 13.7. The summed E-state index contributed by atoms with van der Waals surface area (Å²) in [5, 5.41) is 2.86. The van der Waals surface area contributed by atoms with Gasteiger partial charge in [0.05, 0.1) is 24.5 Å². The van der Waals surface area contributed by atoms with Crippen molar-refractivity contribution in [2.45, 2.75) is 13.8 Å². The molecular weight excluding hydrogens is 380 g/mol. The minimum Gasteiger partial charge on any atom is -0.320 e. The zero-order valence-electron chi connectivity index (χ0n) is 9.75. The van der Waals surface area contributed by atoms with Gasteiger partial charge in [-0.05, 0) is 63.9 Å². The lowest BCUT2D eigenvalue weighted by Gasteiger charge is -2.07. The van der Waals surface area contributed by atoms with E-state index in [9.17, 15) is 4.79 Å². The first-order valence-corrected chi connectivity index (χ1v) is 7.58. The van der Waals surface area contributed by atoms with Crippen LogP contribution in [-0.2, 0) is 0 Å². The molecule has 2 rings (SSSR count). The zero-order chi connectivity index (χ0) is 13.3. The van der Waals surface area contributed by atoms with Crippen LogP contribution in [0.15, 0.2) is 25.8 Å². The minimum absolute atomic E-state index is 0.141. The number of nitrogens with zero attached hydrogens (tertiary/aromatic N) is 1. The fourth-order valence-corrected chi connectivity index (χ4v) is 4.30. The van der Waals surface area contributed by atoms with Crippen molar-refractivity contribution in [1.29, 1.82) is 0 Å². The monoisotopic (exact) mass is 388 g/mol. The molecular formula is C12H10Br2N2OS. The smallest absolute Gasteiger partial charge is 0.257 e. The molecule has 1 amide bonds. The van der Waals surface area contributed by atoms with Crippen LogP contribution in [-0.4, -0.2) is 10.9 Å². The van der Waals surface area contributed by atoms with E-state index in [1.54, 1.807) is 6.07 Å². The molecule has 1 N–H and O–H groups in total. The van der Waals surface area contributed by atoms with Crippen LogP contribution >= 0.6 is 43.2 Å². The normalized spacial score (nSPS) is 10.4. The number of aromatic nitrogens is 1. The van der Waals surface area contributed by atoms with Gasteiger partial charge in [-0.15, -0.1) is 11.3 Å². The largest absolute Gasteiger partial charge is 0.320 e. The molecule has 2 aromatic heterocycles. The van der Waals surface area contributed by atoms with Crippen molar-refractivity contribution in [3.05, 3.63) is 42.7 Å². The molecule has 0 aliphatic rings. The van der Waals surface area contributed by atoms with E-state index >= 15 is 0 Å². The number of halogens is 2. The maximum Gasteiger partial charge on any atom is 0.257 e. The molecule has 2 heterocycles. The second-order valence-electron chi connectivity index (χ2n) is 3.78. The van der Waals surface area contributed by atoms with Gasteiger partial charge in [-0.1, -0.05) is 0 Å². The Labute approximate surface area is 126 Å². The molecule has 0 saturated heterocycles. The van der Waals surface area contributed by atoms with Gasteiger partial charge in [-0.3, -0.25) is 9.78 Å². The first kappa shape index (κ1) is 13.7. The van der Waals surface area contributed by atoms with Gasteiger partial charge >= 0.3 is 0 Å². The Hall–Kier alpha value is -0.720. The van der Waals surface area contributed by atoms with Crippen molar-refractivity contribution in [2.24, 2.45) is 0 Å². The number of carbonyl (C=O) groups is 1. The van der Waals surface area contributed by atoms with Gasteiger partial charge in [0.25, 0.3) is 5.91 Å². The summed E-state index contributed by atoms with van der Waals surface area (Å²) in [6.45, 7) is 3.80. The van der Waals surface area contributed by atoms with Crippen LogP contribution in [0.5, 0.6) is 0 Å². The summed E-state index contributed by atoms with van der Waals surface area (Å²) in [7, 11) is 0. The van der Waals surface area contributed by atoms with Crippen molar-refractivity contribution in [3.8, 4) is 0 Å². The van der Waals surface area contributed by atoms with E-state index in [0.717, 1.165) is 24.6 Å². The maximum absolute atomic E-state index is 12.1. The predicted octanol–water partition coefficient (Wildman–Crippen LogP) is 4.54. The van der Waals surface area contributed by atoms with E-state index < -0.39 is 0 Å². The fraction of sp³-hybridized carbons (Fsp3) is 0.167. The highest BCUT2D eigenvalue weighted by molar-refractivity contribution is 9.12. The third-order valence-electron chi connectivity index (χ3n) is 2.37. The van der Waals surface area contributed by atoms with Crippen molar-refractivity contribution in [3.63, 3.8) is 0 Å². The van der Waals surface area contributed by atoms with E-state index in [0.29, 0.717) is 5.56 Å². The Morgan fingerprint density at radius 2 is 2.06 bits per heavy atom. The highest BCUT2D eigenvalue weighted by Gasteiger charge is 2.14. The lowest BCUT2D eigenvalue weighted by atomic mass is 10.2. The van der Waals surface area contributed by atoms with Crippen molar-refractivity contribution < 1.29 is 4.79 Å². The van der Waals surface area contributed by atoms with Crippen LogP contribution in [0.3, 0.4) is 0 Å². The molecule has 0 radical (unpaired) electrons. The molecule has 0 aliphatic heterocycles. The number of nitrogens with one attached hydrogen (secondary N) is 1. The highest BCUT2D eigenvalue weighted by Crippen LogP contribution is 2.32. The summed E-state index contributed by atoms with van der Waals surface area (Å²) in [4.78, 5) is 16.4. The van der Waals surface area contributed by atoms with Crippen LogP contribution < -0.4 is 5.32 Å². The van der Waals surface area contributed by atoms with Gasteiger partial charge in [0.1, 0.15) is 0 Å². The molecule has 6 heteroatoms. The molecule has 0 atom stereocenters. The van der Waals surface area contributed by atoms with E-state index in [1.165, 1.54) is 11.3 Å². The number of aryl methyl sites for hydroxylation is 2. The van der Waals surface area contributed by atoms with Gasteiger partial charge in [0, 0.05) is 5.69 Å². The standard InChI is InChI=1S/C12H10Br2N2OS/c1-6-3-4-9(7(2)15-6)16-12(17)8-5-10(13)18-11(8)14/h3-5H,1-2H3,(H,16,17). The molecule has 0 saturated carbocycles. The highest BCUT2D eigenvalue weighted by atomic mass is 79.9. The second kappa shape index (κ2) is 5.50. The van der Waals surface area contributed by atoms with Crippen LogP contribution in [0, 0.1) is 13.8 Å². The lowest BCUT2D eigenvalue weighted by molar-refractivity contribution is 0.102. The van der Waals surface area contributed by atoms with Gasteiger partial charge in [-0.2, -0.15) is 0 Å². The molecule has 2 aromatic rings. The Morgan fingerprint density at radius 3 is 2.61 bits per heavy atom. The Kier molecular flexibility index (Phi) is 4.19. The second-order valence-corrected chi connectivity index (χ2v) is 7.53. The summed E-state index contributed by atoms with van der Waals surface area (Å²) in [5.41, 5.74) is 3.10. The molecule has 94 valence electrons. The van der Waals surface area contributed by atoms with Crippen molar-refractivity contribution in [1.82, 2.24) is 4.98 Å². The fourth-order valence-electron chi connectivity index (χ4n) is 1.50. The Morgan fingerprint density at radius 1 is 1.33 bits per heavy atom. The predicted molar refractivity (Wildman–Crippen MR) is 81.4 cm³/mol. The first-order valence-electron chi connectivity index (χ1n) is 5.18. The summed E-state index contributed by atoms with van der Waals surface area (Å²) >= 11 is 8.20. The topological polar surface area (TPSA) is 42.0 Å². The molecule has 0 unspecified atom stereocenters. The van der Waals surface area contributed by atoms with Crippen molar-refractivity contribution >= 4 is 54.8 Å². The average Bonchev–Trinajstić information content (AvgIpc) is 2.62. The SMILES string of the molecule is Cc1ccc(NC(=O)c2cc(Br)sc2Br)c(C)n1. The average molecular weight is 390 g/mol. The number of rotatable bonds is 2. The molecule has 0 aliphatic carbocycles. The Balaban J connectivity index is 2.24. The molecule has 3 nitrogen and oxygen atoms in total. The number of carbonyl (C=O) groups excluding carboxylic acids is 1. The third-order valence-corrected chi connectivity index (χ3v) is 4.71. The number of hydrogen-bond acceptors (Lipinski definition) is 3. The number of pyridine rings is 1. The summed E-state index contributed by atoms with van der Waals surface area (Å²) < 4.78 is 1.72. The van der Waals surface area contributed by atoms with Crippen LogP contribution in [0.2, 0.25) is 0 Å². The number of hydrogen-bond donors (Lipinski definition) is 1. The van der Waals surface area contributed by atoms with Crippen LogP contribution in [0.1, 0.15) is 21.7 Å². The van der Waals surface area contributed by atoms with E-state index in [4.69, 9.17) is 0 Å². The van der Waals surface area contributed by atoms with Gasteiger partial charge < -0.3 is 5.32 Å². The quantitative estimate of drug-likeness (QED) is 0.819. The minimum atomic E-state index is -0.141. The van der Waals surface area contributed by atoms with Gasteiger partial charge in [0.2, 0.25) is 0 Å². The first-order chi connectivity index (χ1) is 8.47. The van der Waals surface area contributed by atoms with Crippen LogP contribution in [0.4, 0.5) is 5.69 Å². The summed E-state index contributed by atoms with van der Waals surface area (Å²) in [6.07, 6.45) is 0. The number of amides is 1. The summed E-state index contributed by atoms with van der Waals surface area (Å²) in [5.74, 6) is -0.141. The summed E-state index contributed by atoms with van der Waals surface area (Å²) in [6, 6.07) is 5.53. The van der Waals surface area contributed by atoms with Gasteiger partial charge in [0.15, 0.2) is 0 Å². The maximum atomic E-state index is 12.1. The molecule has 0 fully saturated rings. The van der Waals surface area contributed by atoms with E-state index in [2.05, 4.69) is 42.2 Å². The lowest BCUT2D eigenvalue weighted by Crippen LogP contribution is -2.13.